The third-order valence-electron chi connectivity index (χ3n) is 3.08. The molecule has 0 heterocycles. The largest absolute Gasteiger partial charge is 0.491 e. The van der Waals surface area contributed by atoms with Gasteiger partial charge < -0.3 is 9.84 Å². The van der Waals surface area contributed by atoms with E-state index in [2.05, 4.69) is 0 Å². The van der Waals surface area contributed by atoms with Crippen LogP contribution < -0.4 is 4.74 Å². The standard InChI is InChI=1S/C17H18ClFO2/c1-11(2)21-14-8-6-12(7-9-14)16(20)10-13-4-3-5-15(18)17(13)19/h3-9,11,16,20H,10H2,1-2H3. The highest BCUT2D eigenvalue weighted by atomic mass is 35.5. The molecule has 0 fully saturated rings. The Morgan fingerprint density at radius 1 is 1.14 bits per heavy atom. The molecule has 112 valence electrons. The van der Waals surface area contributed by atoms with Crippen molar-refractivity contribution < 1.29 is 14.2 Å². The smallest absolute Gasteiger partial charge is 0.145 e. The molecule has 2 nitrogen and oxygen atoms in total. The zero-order valence-corrected chi connectivity index (χ0v) is 12.8. The van der Waals surface area contributed by atoms with E-state index in [0.29, 0.717) is 11.1 Å². The van der Waals surface area contributed by atoms with Crippen molar-refractivity contribution in [3.63, 3.8) is 0 Å². The average Bonchev–Trinajstić information content (AvgIpc) is 2.44. The molecule has 21 heavy (non-hydrogen) atoms. The normalized spacial score (nSPS) is 12.5. The minimum absolute atomic E-state index is 0.0698. The van der Waals surface area contributed by atoms with Crippen LogP contribution in [0.4, 0.5) is 4.39 Å². The quantitative estimate of drug-likeness (QED) is 0.878. The van der Waals surface area contributed by atoms with Crippen molar-refractivity contribution in [2.45, 2.75) is 32.5 Å². The predicted molar refractivity (Wildman–Crippen MR) is 82.3 cm³/mol. The van der Waals surface area contributed by atoms with Crippen LogP contribution >= 0.6 is 11.6 Å². The summed E-state index contributed by atoms with van der Waals surface area (Å²) in [7, 11) is 0. The van der Waals surface area contributed by atoms with E-state index in [1.807, 2.05) is 13.8 Å². The summed E-state index contributed by atoms with van der Waals surface area (Å²) in [6, 6.07) is 12.0. The van der Waals surface area contributed by atoms with Gasteiger partial charge >= 0.3 is 0 Å². The lowest BCUT2D eigenvalue weighted by atomic mass is 10.0. The van der Waals surface area contributed by atoms with Crippen molar-refractivity contribution >= 4 is 11.6 Å². The van der Waals surface area contributed by atoms with Crippen molar-refractivity contribution in [3.05, 3.63) is 64.4 Å². The molecular weight excluding hydrogens is 291 g/mol. The minimum Gasteiger partial charge on any atom is -0.491 e. The number of hydrogen-bond acceptors (Lipinski definition) is 2. The maximum absolute atomic E-state index is 13.8. The van der Waals surface area contributed by atoms with Crippen LogP contribution in [0.1, 0.15) is 31.1 Å². The van der Waals surface area contributed by atoms with E-state index in [1.165, 1.54) is 6.07 Å². The van der Waals surface area contributed by atoms with E-state index in [4.69, 9.17) is 16.3 Å². The fourth-order valence-corrected chi connectivity index (χ4v) is 2.27. The molecule has 1 N–H and O–H groups in total. The van der Waals surface area contributed by atoms with Crippen LogP contribution in [0.5, 0.6) is 5.75 Å². The molecular formula is C17H18ClFO2. The Morgan fingerprint density at radius 2 is 1.81 bits per heavy atom. The van der Waals surface area contributed by atoms with Crippen molar-refractivity contribution in [1.82, 2.24) is 0 Å². The third kappa shape index (κ3) is 4.19. The van der Waals surface area contributed by atoms with Crippen molar-refractivity contribution in [2.75, 3.05) is 0 Å². The van der Waals surface area contributed by atoms with Gasteiger partial charge in [0.2, 0.25) is 0 Å². The van der Waals surface area contributed by atoms with Crippen molar-refractivity contribution in [1.29, 1.82) is 0 Å². The van der Waals surface area contributed by atoms with E-state index in [0.717, 1.165) is 5.75 Å². The molecule has 0 bridgehead atoms. The fourth-order valence-electron chi connectivity index (χ4n) is 2.07. The summed E-state index contributed by atoms with van der Waals surface area (Å²) in [5, 5.41) is 10.3. The van der Waals surface area contributed by atoms with E-state index < -0.39 is 11.9 Å². The summed E-state index contributed by atoms with van der Waals surface area (Å²) < 4.78 is 19.4. The number of ether oxygens (including phenoxy) is 1. The molecule has 0 aliphatic carbocycles. The second kappa shape index (κ2) is 6.92. The summed E-state index contributed by atoms with van der Waals surface area (Å²) in [6.07, 6.45) is -0.510. The Labute approximate surface area is 129 Å². The highest BCUT2D eigenvalue weighted by Crippen LogP contribution is 2.25. The van der Waals surface area contributed by atoms with Gasteiger partial charge in [-0.25, -0.2) is 4.39 Å². The Hall–Kier alpha value is -1.58. The highest BCUT2D eigenvalue weighted by molar-refractivity contribution is 6.30. The Kier molecular flexibility index (Phi) is 5.21. The lowest BCUT2D eigenvalue weighted by Crippen LogP contribution is -2.06. The summed E-state index contributed by atoms with van der Waals surface area (Å²) in [4.78, 5) is 0. The first-order valence-electron chi connectivity index (χ1n) is 6.85. The predicted octanol–water partition coefficient (Wildman–Crippen LogP) is 4.54. The number of benzene rings is 2. The van der Waals surface area contributed by atoms with E-state index in [-0.39, 0.29) is 17.5 Å². The molecule has 0 amide bonds. The lowest BCUT2D eigenvalue weighted by Gasteiger charge is -2.14. The molecule has 0 spiro atoms. The third-order valence-corrected chi connectivity index (χ3v) is 3.37. The first-order valence-corrected chi connectivity index (χ1v) is 7.22. The second-order valence-corrected chi connectivity index (χ2v) is 5.58. The van der Waals surface area contributed by atoms with Gasteiger partial charge in [0.05, 0.1) is 17.2 Å². The molecule has 4 heteroatoms. The SMILES string of the molecule is CC(C)Oc1ccc(C(O)Cc2cccc(Cl)c2F)cc1. The van der Waals surface area contributed by atoms with E-state index >= 15 is 0 Å². The van der Waals surface area contributed by atoms with Crippen LogP contribution in [-0.4, -0.2) is 11.2 Å². The number of rotatable bonds is 5. The number of aliphatic hydroxyl groups excluding tert-OH is 1. The number of aliphatic hydroxyl groups is 1. The Balaban J connectivity index is 2.09. The Bertz CT molecular complexity index is 596. The number of hydrogen-bond donors (Lipinski definition) is 1. The summed E-state index contributed by atoms with van der Waals surface area (Å²) >= 11 is 5.74. The van der Waals surface area contributed by atoms with Crippen LogP contribution in [0.3, 0.4) is 0 Å². The lowest BCUT2D eigenvalue weighted by molar-refractivity contribution is 0.177. The van der Waals surface area contributed by atoms with Gasteiger partial charge in [-0.2, -0.15) is 0 Å². The molecule has 0 saturated heterocycles. The minimum atomic E-state index is -0.786. The van der Waals surface area contributed by atoms with Crippen LogP contribution in [0.25, 0.3) is 0 Å². The van der Waals surface area contributed by atoms with Crippen LogP contribution in [0.2, 0.25) is 5.02 Å². The first kappa shape index (κ1) is 15.8. The van der Waals surface area contributed by atoms with Gasteiger partial charge in [0.25, 0.3) is 0 Å². The van der Waals surface area contributed by atoms with E-state index in [1.54, 1.807) is 36.4 Å². The monoisotopic (exact) mass is 308 g/mol. The topological polar surface area (TPSA) is 29.5 Å². The van der Waals surface area contributed by atoms with Crippen molar-refractivity contribution in [3.8, 4) is 5.75 Å². The summed E-state index contributed by atoms with van der Waals surface area (Å²) in [6.45, 7) is 3.90. The van der Waals surface area contributed by atoms with Crippen LogP contribution in [0, 0.1) is 5.82 Å². The molecule has 2 rings (SSSR count). The zero-order valence-electron chi connectivity index (χ0n) is 12.0. The highest BCUT2D eigenvalue weighted by Gasteiger charge is 2.13. The van der Waals surface area contributed by atoms with Gasteiger partial charge in [-0.05, 0) is 43.2 Å². The van der Waals surface area contributed by atoms with Crippen LogP contribution in [-0.2, 0) is 6.42 Å². The van der Waals surface area contributed by atoms with Gasteiger partial charge in [0.1, 0.15) is 11.6 Å². The summed E-state index contributed by atoms with van der Waals surface area (Å²) in [5.74, 6) is 0.271. The summed E-state index contributed by atoms with van der Waals surface area (Å²) in [5.41, 5.74) is 1.11. The second-order valence-electron chi connectivity index (χ2n) is 5.17. The molecule has 2 aromatic rings. The Morgan fingerprint density at radius 3 is 2.43 bits per heavy atom. The molecule has 0 saturated carbocycles. The molecule has 0 radical (unpaired) electrons. The molecule has 0 aromatic heterocycles. The fraction of sp³-hybridized carbons (Fsp3) is 0.294. The van der Waals surface area contributed by atoms with Gasteiger partial charge in [-0.3, -0.25) is 0 Å². The zero-order chi connectivity index (χ0) is 15.4. The molecule has 1 atom stereocenters. The van der Waals surface area contributed by atoms with Gasteiger partial charge in [-0.15, -0.1) is 0 Å². The first-order chi connectivity index (χ1) is 9.97. The van der Waals surface area contributed by atoms with Crippen LogP contribution in [0.15, 0.2) is 42.5 Å². The van der Waals surface area contributed by atoms with Gasteiger partial charge in [-0.1, -0.05) is 35.9 Å². The van der Waals surface area contributed by atoms with E-state index in [9.17, 15) is 9.50 Å². The van der Waals surface area contributed by atoms with Gasteiger partial charge in [0.15, 0.2) is 0 Å². The number of halogens is 2. The molecule has 2 aromatic carbocycles. The van der Waals surface area contributed by atoms with Gasteiger partial charge in [0, 0.05) is 6.42 Å². The molecule has 0 aliphatic heterocycles. The molecule has 0 aliphatic rings. The maximum Gasteiger partial charge on any atom is 0.145 e. The average molecular weight is 309 g/mol. The van der Waals surface area contributed by atoms with Crippen molar-refractivity contribution in [2.24, 2.45) is 0 Å². The molecule has 1 unspecified atom stereocenters. The maximum atomic E-state index is 13.8.